The SMILES string of the molecule is O=C(NCc1ccccc1)Nc1ccc(-n2cnnn2)cc1. The number of hydrogen-bond acceptors (Lipinski definition) is 4. The van der Waals surface area contributed by atoms with E-state index in [0.717, 1.165) is 11.3 Å². The summed E-state index contributed by atoms with van der Waals surface area (Å²) in [5, 5.41) is 16.5. The summed E-state index contributed by atoms with van der Waals surface area (Å²) in [6, 6.07) is 16.7. The van der Waals surface area contributed by atoms with Crippen molar-refractivity contribution in [3.05, 3.63) is 66.5 Å². The van der Waals surface area contributed by atoms with E-state index < -0.39 is 0 Å². The van der Waals surface area contributed by atoms with Crippen LogP contribution < -0.4 is 10.6 Å². The van der Waals surface area contributed by atoms with E-state index in [9.17, 15) is 4.79 Å². The lowest BCUT2D eigenvalue weighted by atomic mass is 10.2. The Labute approximate surface area is 127 Å². The molecule has 0 spiro atoms. The molecule has 0 aliphatic carbocycles. The minimum atomic E-state index is -0.251. The Balaban J connectivity index is 1.55. The predicted octanol–water partition coefficient (Wildman–Crippen LogP) is 1.98. The molecule has 2 aromatic carbocycles. The Morgan fingerprint density at radius 2 is 1.82 bits per heavy atom. The van der Waals surface area contributed by atoms with E-state index in [0.29, 0.717) is 12.2 Å². The first kappa shape index (κ1) is 13.7. The number of carbonyl (C=O) groups is 1. The lowest BCUT2D eigenvalue weighted by Gasteiger charge is -2.08. The van der Waals surface area contributed by atoms with Gasteiger partial charge in [-0.05, 0) is 40.3 Å². The highest BCUT2D eigenvalue weighted by Gasteiger charge is 2.03. The van der Waals surface area contributed by atoms with Crippen LogP contribution in [0.1, 0.15) is 5.56 Å². The van der Waals surface area contributed by atoms with E-state index in [1.807, 2.05) is 42.5 Å². The van der Waals surface area contributed by atoms with Crippen LogP contribution in [-0.4, -0.2) is 26.2 Å². The summed E-state index contributed by atoms with van der Waals surface area (Å²) in [6.45, 7) is 0.482. The molecular weight excluding hydrogens is 280 g/mol. The molecular formula is C15H14N6O. The summed E-state index contributed by atoms with van der Waals surface area (Å²) in [6.07, 6.45) is 1.51. The van der Waals surface area contributed by atoms with Gasteiger partial charge in [-0.3, -0.25) is 0 Å². The Hall–Kier alpha value is -3.22. The van der Waals surface area contributed by atoms with Crippen LogP contribution in [0.15, 0.2) is 60.9 Å². The molecule has 3 rings (SSSR count). The summed E-state index contributed by atoms with van der Waals surface area (Å²) in [7, 11) is 0. The molecule has 0 radical (unpaired) electrons. The van der Waals surface area contributed by atoms with Crippen LogP contribution in [-0.2, 0) is 6.54 Å². The average Bonchev–Trinajstić information content (AvgIpc) is 3.09. The standard InChI is InChI=1S/C15H14N6O/c22-15(16-10-12-4-2-1-3-5-12)18-13-6-8-14(9-7-13)21-11-17-19-20-21/h1-9,11H,10H2,(H2,16,18,22). The van der Waals surface area contributed by atoms with Crippen molar-refractivity contribution in [2.24, 2.45) is 0 Å². The first-order valence-corrected chi connectivity index (χ1v) is 6.73. The maximum atomic E-state index is 11.8. The molecule has 2 amide bonds. The highest BCUT2D eigenvalue weighted by atomic mass is 16.2. The monoisotopic (exact) mass is 294 g/mol. The van der Waals surface area contributed by atoms with Crippen molar-refractivity contribution in [2.75, 3.05) is 5.32 Å². The van der Waals surface area contributed by atoms with Crippen LogP contribution in [0.3, 0.4) is 0 Å². The summed E-state index contributed by atoms with van der Waals surface area (Å²) in [4.78, 5) is 11.8. The maximum absolute atomic E-state index is 11.8. The number of amides is 2. The Morgan fingerprint density at radius 3 is 2.50 bits per heavy atom. The van der Waals surface area contributed by atoms with Gasteiger partial charge in [0.25, 0.3) is 0 Å². The fourth-order valence-corrected chi connectivity index (χ4v) is 1.93. The molecule has 0 atom stereocenters. The summed E-state index contributed by atoms with van der Waals surface area (Å²) in [5.41, 5.74) is 2.56. The topological polar surface area (TPSA) is 84.7 Å². The molecule has 110 valence electrons. The Morgan fingerprint density at radius 1 is 1.05 bits per heavy atom. The number of nitrogens with zero attached hydrogens (tertiary/aromatic N) is 4. The zero-order valence-electron chi connectivity index (χ0n) is 11.7. The number of hydrogen-bond donors (Lipinski definition) is 2. The van der Waals surface area contributed by atoms with Gasteiger partial charge in [-0.15, -0.1) is 5.10 Å². The molecule has 0 saturated heterocycles. The number of urea groups is 1. The van der Waals surface area contributed by atoms with Crippen LogP contribution in [0, 0.1) is 0 Å². The third-order valence-corrected chi connectivity index (χ3v) is 3.03. The van der Waals surface area contributed by atoms with Gasteiger partial charge in [0.15, 0.2) is 0 Å². The van der Waals surface area contributed by atoms with Crippen LogP contribution in [0.4, 0.5) is 10.5 Å². The molecule has 22 heavy (non-hydrogen) atoms. The predicted molar refractivity (Wildman–Crippen MR) is 81.5 cm³/mol. The zero-order chi connectivity index (χ0) is 15.2. The average molecular weight is 294 g/mol. The third-order valence-electron chi connectivity index (χ3n) is 3.03. The quantitative estimate of drug-likeness (QED) is 0.770. The number of benzene rings is 2. The lowest BCUT2D eigenvalue weighted by molar-refractivity contribution is 0.251. The fourth-order valence-electron chi connectivity index (χ4n) is 1.93. The number of anilines is 1. The summed E-state index contributed by atoms with van der Waals surface area (Å²) < 4.78 is 1.54. The highest BCUT2D eigenvalue weighted by Crippen LogP contribution is 2.11. The summed E-state index contributed by atoms with van der Waals surface area (Å²) >= 11 is 0. The zero-order valence-corrected chi connectivity index (χ0v) is 11.7. The highest BCUT2D eigenvalue weighted by molar-refractivity contribution is 5.89. The van der Waals surface area contributed by atoms with E-state index in [1.165, 1.54) is 6.33 Å². The smallest absolute Gasteiger partial charge is 0.319 e. The van der Waals surface area contributed by atoms with Crippen molar-refractivity contribution < 1.29 is 4.79 Å². The van der Waals surface area contributed by atoms with Crippen molar-refractivity contribution in [1.29, 1.82) is 0 Å². The largest absolute Gasteiger partial charge is 0.334 e. The summed E-state index contributed by atoms with van der Waals surface area (Å²) in [5.74, 6) is 0. The van der Waals surface area contributed by atoms with Gasteiger partial charge in [0.2, 0.25) is 0 Å². The van der Waals surface area contributed by atoms with Gasteiger partial charge in [0.05, 0.1) is 5.69 Å². The van der Waals surface area contributed by atoms with Gasteiger partial charge in [-0.1, -0.05) is 30.3 Å². The molecule has 3 aromatic rings. The molecule has 2 N–H and O–H groups in total. The van der Waals surface area contributed by atoms with E-state index in [2.05, 4.69) is 26.2 Å². The van der Waals surface area contributed by atoms with Crippen LogP contribution in [0.2, 0.25) is 0 Å². The lowest BCUT2D eigenvalue weighted by Crippen LogP contribution is -2.28. The minimum absolute atomic E-state index is 0.251. The number of nitrogens with one attached hydrogen (secondary N) is 2. The van der Waals surface area contributed by atoms with Crippen molar-refractivity contribution in [2.45, 2.75) is 6.54 Å². The van der Waals surface area contributed by atoms with Gasteiger partial charge < -0.3 is 10.6 Å². The molecule has 0 saturated carbocycles. The molecule has 7 nitrogen and oxygen atoms in total. The van der Waals surface area contributed by atoms with Gasteiger partial charge in [0.1, 0.15) is 6.33 Å². The van der Waals surface area contributed by atoms with Crippen molar-refractivity contribution in [3.8, 4) is 5.69 Å². The van der Waals surface area contributed by atoms with Gasteiger partial charge in [-0.25, -0.2) is 9.48 Å². The minimum Gasteiger partial charge on any atom is -0.334 e. The number of tetrazole rings is 1. The molecule has 0 fully saturated rings. The molecule has 1 aromatic heterocycles. The van der Waals surface area contributed by atoms with E-state index in [4.69, 9.17) is 0 Å². The second-order valence-electron chi connectivity index (χ2n) is 4.59. The van der Waals surface area contributed by atoms with E-state index >= 15 is 0 Å². The molecule has 0 unspecified atom stereocenters. The second-order valence-corrected chi connectivity index (χ2v) is 4.59. The van der Waals surface area contributed by atoms with Crippen LogP contribution >= 0.6 is 0 Å². The van der Waals surface area contributed by atoms with Crippen molar-refractivity contribution in [3.63, 3.8) is 0 Å². The number of rotatable bonds is 4. The third kappa shape index (κ3) is 3.45. The van der Waals surface area contributed by atoms with E-state index in [1.54, 1.807) is 16.8 Å². The van der Waals surface area contributed by atoms with Crippen LogP contribution in [0.25, 0.3) is 5.69 Å². The molecule has 0 aliphatic rings. The molecule has 0 aliphatic heterocycles. The van der Waals surface area contributed by atoms with Gasteiger partial charge >= 0.3 is 6.03 Å². The first-order valence-electron chi connectivity index (χ1n) is 6.73. The number of aromatic nitrogens is 4. The fraction of sp³-hybridized carbons (Fsp3) is 0.0667. The molecule has 7 heteroatoms. The van der Waals surface area contributed by atoms with Gasteiger partial charge in [0, 0.05) is 12.2 Å². The van der Waals surface area contributed by atoms with Crippen molar-refractivity contribution in [1.82, 2.24) is 25.5 Å². The van der Waals surface area contributed by atoms with Gasteiger partial charge in [-0.2, -0.15) is 0 Å². The van der Waals surface area contributed by atoms with Crippen molar-refractivity contribution >= 4 is 11.7 Å². The first-order chi connectivity index (χ1) is 10.8. The normalized spacial score (nSPS) is 10.2. The van der Waals surface area contributed by atoms with Crippen LogP contribution in [0.5, 0.6) is 0 Å². The van der Waals surface area contributed by atoms with E-state index in [-0.39, 0.29) is 6.03 Å². The molecule has 0 bridgehead atoms. The Kier molecular flexibility index (Phi) is 4.05. The Bertz CT molecular complexity index is 724. The second kappa shape index (κ2) is 6.49. The number of carbonyl (C=O) groups excluding carboxylic acids is 1. The molecule has 1 heterocycles. The maximum Gasteiger partial charge on any atom is 0.319 e.